The van der Waals surface area contributed by atoms with Crippen molar-refractivity contribution >= 4 is 27.6 Å². The van der Waals surface area contributed by atoms with Gasteiger partial charge in [-0.15, -0.1) is 0 Å². The number of halogens is 1. The van der Waals surface area contributed by atoms with Crippen molar-refractivity contribution in [2.75, 3.05) is 0 Å². The summed E-state index contributed by atoms with van der Waals surface area (Å²) in [5, 5.41) is 0. The molecular weight excluding hydrogens is 380 g/mol. The zero-order valence-electron chi connectivity index (χ0n) is 10.7. The summed E-state index contributed by atoms with van der Waals surface area (Å²) in [6, 6.07) is 0. The largest absolute Gasteiger partial charge is 1.00 e. The fraction of sp³-hybridized carbons (Fsp3) is 0.833. The normalized spacial score (nSPS) is 28.3. The molecule has 1 saturated heterocycles. The summed E-state index contributed by atoms with van der Waals surface area (Å²) >= 11 is -0.733. The van der Waals surface area contributed by atoms with Gasteiger partial charge in [0.15, 0.2) is 0 Å². The van der Waals surface area contributed by atoms with E-state index in [1.807, 2.05) is 0 Å². The quantitative estimate of drug-likeness (QED) is 0.625. The van der Waals surface area contributed by atoms with Gasteiger partial charge in [0.25, 0.3) is 0 Å². The van der Waals surface area contributed by atoms with E-state index in [1.165, 1.54) is 17.3 Å². The van der Waals surface area contributed by atoms with E-state index in [0.29, 0.717) is 0 Å². The van der Waals surface area contributed by atoms with Gasteiger partial charge in [0.1, 0.15) is 0 Å². The molecule has 3 heteroatoms. The zero-order valence-corrected chi connectivity index (χ0v) is 15.6. The molecule has 0 N–H and O–H groups in total. The number of hydrogen-bond donors (Lipinski definition) is 0. The number of allylic oxidation sites excluding steroid dienone is 1. The maximum Gasteiger partial charge on any atom is -1.00 e. The molecule has 0 bridgehead atoms. The smallest absolute Gasteiger partial charge is 1.00 e. The Kier molecular flexibility index (Phi) is 7.40. The van der Waals surface area contributed by atoms with E-state index in [9.17, 15) is 0 Å². The molecule has 0 aromatic rings. The molecule has 1 rings (SSSR count). The second kappa shape index (κ2) is 6.84. The molecule has 1 aliphatic heterocycles. The van der Waals surface area contributed by atoms with Gasteiger partial charge >= 0.3 is 98.1 Å². The van der Waals surface area contributed by atoms with E-state index in [-0.39, 0.29) is 17.0 Å². The first kappa shape index (κ1) is 16.2. The van der Waals surface area contributed by atoms with E-state index in [1.54, 1.807) is 0 Å². The van der Waals surface area contributed by atoms with Crippen molar-refractivity contribution in [3.05, 3.63) is 11.8 Å². The van der Waals surface area contributed by atoms with E-state index >= 15 is 0 Å². The minimum Gasteiger partial charge on any atom is -1.00 e. The van der Waals surface area contributed by atoms with Crippen LogP contribution in [0.5, 0.6) is 0 Å². The minimum atomic E-state index is -0.927. The molecule has 0 aromatic carbocycles. The predicted molar refractivity (Wildman–Crippen MR) is 71.1 cm³/mol. The molecule has 1 heterocycles. The van der Waals surface area contributed by atoms with Crippen molar-refractivity contribution in [3.8, 4) is 0 Å². The molecule has 0 aromatic heterocycles. The van der Waals surface area contributed by atoms with Gasteiger partial charge in [0.05, 0.1) is 0 Å². The third kappa shape index (κ3) is 5.91. The van der Waals surface area contributed by atoms with Crippen molar-refractivity contribution in [1.82, 2.24) is 0 Å². The van der Waals surface area contributed by atoms with Crippen LogP contribution in [-0.2, 0) is 0 Å². The third-order valence-electron chi connectivity index (χ3n) is 2.92. The van der Waals surface area contributed by atoms with Gasteiger partial charge in [0, 0.05) is 0 Å². The Hall–Kier alpha value is 1.23. The molecule has 15 heavy (non-hydrogen) atoms. The average Bonchev–Trinajstić information content (AvgIpc) is 2.33. The molecule has 1 fully saturated rings. The second-order valence-electron chi connectivity index (χ2n) is 5.60. The molecular formula is C12H25BrSiTe. The van der Waals surface area contributed by atoms with Crippen molar-refractivity contribution in [1.29, 1.82) is 0 Å². The van der Waals surface area contributed by atoms with Crippen LogP contribution in [0.4, 0.5) is 0 Å². The SMILES string of the molecule is C[C@@H]1CC[C@@H](C)[Te+]1C/C=C/[Si](C)(C)C.[Br-]. The first-order chi connectivity index (χ1) is 6.40. The van der Waals surface area contributed by atoms with E-state index in [0.717, 1.165) is 7.93 Å². The number of rotatable bonds is 3. The molecule has 90 valence electrons. The first-order valence-corrected chi connectivity index (χ1v) is 13.7. The maximum atomic E-state index is 2.55. The summed E-state index contributed by atoms with van der Waals surface area (Å²) < 4.78 is 3.75. The van der Waals surface area contributed by atoms with E-state index in [2.05, 4.69) is 45.3 Å². The zero-order chi connectivity index (χ0) is 10.8. The molecule has 0 nitrogen and oxygen atoms in total. The van der Waals surface area contributed by atoms with Crippen LogP contribution in [0.3, 0.4) is 0 Å². The van der Waals surface area contributed by atoms with Gasteiger partial charge in [-0.3, -0.25) is 0 Å². The molecule has 0 saturated carbocycles. The van der Waals surface area contributed by atoms with Crippen molar-refractivity contribution in [2.45, 2.75) is 58.7 Å². The van der Waals surface area contributed by atoms with Crippen molar-refractivity contribution in [3.63, 3.8) is 0 Å². The predicted octanol–water partition coefficient (Wildman–Crippen LogP) is 1.49. The van der Waals surface area contributed by atoms with Crippen molar-refractivity contribution < 1.29 is 17.0 Å². The Morgan fingerprint density at radius 3 is 2.00 bits per heavy atom. The summed E-state index contributed by atoms with van der Waals surface area (Å²) in [6.07, 6.45) is 5.60. The molecule has 0 aliphatic carbocycles. The summed E-state index contributed by atoms with van der Waals surface area (Å²) in [4.78, 5) is 0. The van der Waals surface area contributed by atoms with Crippen LogP contribution in [0.15, 0.2) is 11.8 Å². The Morgan fingerprint density at radius 1 is 1.13 bits per heavy atom. The van der Waals surface area contributed by atoms with Gasteiger partial charge in [0.2, 0.25) is 0 Å². The van der Waals surface area contributed by atoms with Gasteiger partial charge in [-0.2, -0.15) is 0 Å². The summed E-state index contributed by atoms with van der Waals surface area (Å²) in [6.45, 7) is 12.3. The number of hydrogen-bond acceptors (Lipinski definition) is 0. The topological polar surface area (TPSA) is 0 Å². The van der Waals surface area contributed by atoms with E-state index < -0.39 is 27.6 Å². The minimum absolute atomic E-state index is 0. The van der Waals surface area contributed by atoms with Gasteiger partial charge in [-0.1, -0.05) is 0 Å². The van der Waals surface area contributed by atoms with Crippen LogP contribution >= 0.6 is 0 Å². The summed E-state index contributed by atoms with van der Waals surface area (Å²) in [5.74, 6) is 0. The molecule has 0 radical (unpaired) electrons. The third-order valence-corrected chi connectivity index (χ3v) is 13.0. The van der Waals surface area contributed by atoms with Crippen LogP contribution in [0.25, 0.3) is 0 Å². The monoisotopic (exact) mass is 406 g/mol. The fourth-order valence-corrected chi connectivity index (χ4v) is 10.9. The first-order valence-electron chi connectivity index (χ1n) is 5.76. The van der Waals surface area contributed by atoms with Gasteiger partial charge < -0.3 is 17.0 Å². The van der Waals surface area contributed by atoms with E-state index in [4.69, 9.17) is 0 Å². The molecule has 0 spiro atoms. The summed E-state index contributed by atoms with van der Waals surface area (Å²) in [5.41, 5.74) is 2.55. The molecule has 0 unspecified atom stereocenters. The van der Waals surface area contributed by atoms with Crippen molar-refractivity contribution in [2.24, 2.45) is 0 Å². The molecule has 1 aliphatic rings. The maximum absolute atomic E-state index is 2.55. The van der Waals surface area contributed by atoms with Crippen LogP contribution in [0.1, 0.15) is 26.7 Å². The Labute approximate surface area is 114 Å². The van der Waals surface area contributed by atoms with Crippen LogP contribution in [0, 0.1) is 0 Å². The van der Waals surface area contributed by atoms with Crippen LogP contribution in [-0.4, -0.2) is 27.6 Å². The summed E-state index contributed by atoms with van der Waals surface area (Å²) in [7, 11) is -0.927. The molecule has 2 atom stereocenters. The second-order valence-corrected chi connectivity index (χ2v) is 18.9. The average molecular weight is 405 g/mol. The van der Waals surface area contributed by atoms with Gasteiger partial charge in [-0.25, -0.2) is 0 Å². The Balaban J connectivity index is 0.00000196. The Bertz CT molecular complexity index is 200. The molecule has 0 amide bonds. The van der Waals surface area contributed by atoms with Crippen LogP contribution in [0.2, 0.25) is 32.0 Å². The standard InChI is InChI=1S/C12H25SiTe.BrH/c1-11-7-8-12(2)14(11)10-6-9-13(3,4)5;/h6,9,11-12H,7-8,10H2,1-5H3;1H/q+1;/p-1/b9-6+;/t11-,12-;/m1./s1. The van der Waals surface area contributed by atoms with Gasteiger partial charge in [-0.05, 0) is 0 Å². The Morgan fingerprint density at radius 2 is 1.60 bits per heavy atom. The van der Waals surface area contributed by atoms with Crippen LogP contribution < -0.4 is 17.0 Å². The fourth-order valence-electron chi connectivity index (χ4n) is 2.01.